The first-order chi connectivity index (χ1) is 28.8. The molecular weight excluding hydrogens is 739 g/mol. The number of carbonyl (C=O) groups excluding carboxylic acids is 1. The first-order valence-corrected chi connectivity index (χ1v) is 18.8. The molecule has 9 nitrogen and oxygen atoms in total. The lowest BCUT2D eigenvalue weighted by atomic mass is 9.99. The number of para-hydroxylation sites is 3. The zero-order valence-corrected chi connectivity index (χ0v) is 32.3. The highest BCUT2D eigenvalue weighted by Crippen LogP contribution is 2.24. The Morgan fingerprint density at radius 2 is 1.27 bits per heavy atom. The van der Waals surface area contributed by atoms with Crippen LogP contribution in [0.15, 0.2) is 146 Å². The van der Waals surface area contributed by atoms with Gasteiger partial charge in [-0.3, -0.25) is 9.78 Å². The highest BCUT2D eigenvalue weighted by molar-refractivity contribution is 6.08. The molecule has 6 aromatic carbocycles. The molecule has 59 heavy (non-hydrogen) atoms. The molecule has 0 unspecified atom stereocenters. The number of H-pyrrole nitrogens is 1. The van der Waals surface area contributed by atoms with Crippen LogP contribution >= 0.6 is 0 Å². The van der Waals surface area contributed by atoms with Crippen molar-refractivity contribution in [2.75, 3.05) is 20.8 Å². The van der Waals surface area contributed by atoms with E-state index in [9.17, 15) is 19.8 Å². The number of amides is 1. The molecule has 1 amide bonds. The van der Waals surface area contributed by atoms with Gasteiger partial charge in [0.2, 0.25) is 0 Å². The Balaban J connectivity index is 0.000000198. The van der Waals surface area contributed by atoms with Crippen molar-refractivity contribution in [1.29, 1.82) is 0 Å². The molecule has 0 fully saturated rings. The van der Waals surface area contributed by atoms with Gasteiger partial charge in [0.05, 0.1) is 49.1 Å². The standard InChI is InChI=1S/C31H26N2O3.C19H13NO3/c1-36-30-13-7-3-8-22(30)15-14-21-16-23-9-2-4-10-26(23)28(17-21)31(35)33-25(20-34)18-24-19-32-29-12-6-5-11-27(24)29;1-23-17-7-3-2-5-14(17)9-8-13-11-15-6-4-10-20-18(15)16(12-13)19(21)22/h2-13,16-17,19,25,32,34H,18,20H2,1H3,(H,33,35);2-7,10-12H,1H3,(H,21,22)/t25-;/m1./s1. The van der Waals surface area contributed by atoms with Crippen molar-refractivity contribution in [2.45, 2.75) is 12.5 Å². The number of hydrogen-bond acceptors (Lipinski definition) is 6. The highest BCUT2D eigenvalue weighted by Gasteiger charge is 2.18. The van der Waals surface area contributed by atoms with Crippen molar-refractivity contribution >= 4 is 44.5 Å². The average molecular weight is 778 g/mol. The normalized spacial score (nSPS) is 11.0. The van der Waals surface area contributed by atoms with Crippen LogP contribution in [0, 0.1) is 23.7 Å². The summed E-state index contributed by atoms with van der Waals surface area (Å²) >= 11 is 0. The van der Waals surface area contributed by atoms with Gasteiger partial charge in [0.25, 0.3) is 5.91 Å². The van der Waals surface area contributed by atoms with E-state index in [-0.39, 0.29) is 18.1 Å². The number of aliphatic hydroxyl groups is 1. The molecule has 0 aliphatic carbocycles. The Kier molecular flexibility index (Phi) is 12.3. The monoisotopic (exact) mass is 777 g/mol. The number of aliphatic hydroxyl groups excluding tert-OH is 1. The largest absolute Gasteiger partial charge is 0.495 e. The van der Waals surface area contributed by atoms with Gasteiger partial charge in [0.1, 0.15) is 11.5 Å². The predicted octanol–water partition coefficient (Wildman–Crippen LogP) is 8.40. The number of carboxylic acid groups (broad SMARTS) is 1. The van der Waals surface area contributed by atoms with Crippen molar-refractivity contribution in [2.24, 2.45) is 0 Å². The van der Waals surface area contributed by atoms with Crippen molar-refractivity contribution in [3.8, 4) is 35.2 Å². The first kappa shape index (κ1) is 39.4. The Morgan fingerprint density at radius 1 is 0.695 bits per heavy atom. The summed E-state index contributed by atoms with van der Waals surface area (Å²) in [4.78, 5) is 32.3. The molecule has 0 spiro atoms. The Morgan fingerprint density at radius 3 is 1.93 bits per heavy atom. The fourth-order valence-corrected chi connectivity index (χ4v) is 6.76. The topological polar surface area (TPSA) is 134 Å². The number of nitrogens with one attached hydrogen (secondary N) is 2. The molecule has 2 heterocycles. The number of carboxylic acids is 1. The van der Waals surface area contributed by atoms with Gasteiger partial charge in [0.15, 0.2) is 0 Å². The second-order valence-corrected chi connectivity index (χ2v) is 13.5. The van der Waals surface area contributed by atoms with E-state index in [0.717, 1.165) is 49.3 Å². The van der Waals surface area contributed by atoms with Crippen molar-refractivity contribution < 1.29 is 29.3 Å². The summed E-state index contributed by atoms with van der Waals surface area (Å²) in [6, 6.07) is 41.1. The summed E-state index contributed by atoms with van der Waals surface area (Å²) in [5, 5.41) is 26.0. The second-order valence-electron chi connectivity index (χ2n) is 13.5. The van der Waals surface area contributed by atoms with Gasteiger partial charge in [-0.1, -0.05) is 96.5 Å². The number of aromatic amines is 1. The van der Waals surface area contributed by atoms with E-state index < -0.39 is 12.0 Å². The van der Waals surface area contributed by atoms with Crippen LogP contribution < -0.4 is 14.8 Å². The summed E-state index contributed by atoms with van der Waals surface area (Å²) in [7, 11) is 3.21. The van der Waals surface area contributed by atoms with Gasteiger partial charge < -0.3 is 30.0 Å². The fraction of sp³-hybridized carbons (Fsp3) is 0.100. The number of methoxy groups -OCH3 is 2. The molecule has 0 saturated heterocycles. The van der Waals surface area contributed by atoms with Gasteiger partial charge in [-0.05, 0) is 83.4 Å². The van der Waals surface area contributed by atoms with Gasteiger partial charge in [-0.15, -0.1) is 0 Å². The summed E-state index contributed by atoms with van der Waals surface area (Å²) in [6.45, 7) is -0.170. The van der Waals surface area contributed by atoms with Crippen LogP contribution in [-0.4, -0.2) is 58.9 Å². The molecule has 290 valence electrons. The van der Waals surface area contributed by atoms with E-state index in [2.05, 4.69) is 39.0 Å². The smallest absolute Gasteiger partial charge is 0.337 e. The van der Waals surface area contributed by atoms with Crippen LogP contribution in [0.4, 0.5) is 0 Å². The number of nitrogens with zero attached hydrogens (tertiary/aromatic N) is 1. The third-order valence-corrected chi connectivity index (χ3v) is 9.64. The lowest BCUT2D eigenvalue weighted by Gasteiger charge is -2.17. The maximum atomic E-state index is 13.4. The first-order valence-electron chi connectivity index (χ1n) is 18.8. The van der Waals surface area contributed by atoms with Crippen molar-refractivity contribution in [3.05, 3.63) is 185 Å². The molecule has 0 radical (unpaired) electrons. The SMILES string of the molecule is COc1ccccc1C#Cc1cc(C(=O)N[C@@H](CO)Cc2c[nH]c3ccccc23)c2ccccc2c1.COc1ccccc1C#Cc1cc(C(=O)O)c2ncccc2c1. The number of carbonyl (C=O) groups is 2. The van der Waals surface area contributed by atoms with Gasteiger partial charge in [0, 0.05) is 45.4 Å². The summed E-state index contributed by atoms with van der Waals surface area (Å²) in [6.07, 6.45) is 4.02. The number of aromatic nitrogens is 2. The number of benzene rings is 6. The fourth-order valence-electron chi connectivity index (χ4n) is 6.76. The summed E-state index contributed by atoms with van der Waals surface area (Å²) in [5.41, 5.74) is 6.08. The van der Waals surface area contributed by atoms with E-state index in [1.165, 1.54) is 0 Å². The molecule has 0 aliphatic heterocycles. The Bertz CT molecular complexity index is 2950. The number of pyridine rings is 1. The lowest BCUT2D eigenvalue weighted by molar-refractivity contribution is 0.0698. The molecule has 0 saturated carbocycles. The third-order valence-electron chi connectivity index (χ3n) is 9.64. The van der Waals surface area contributed by atoms with E-state index in [0.29, 0.717) is 34.6 Å². The minimum Gasteiger partial charge on any atom is -0.495 e. The summed E-state index contributed by atoms with van der Waals surface area (Å²) < 4.78 is 10.7. The third kappa shape index (κ3) is 9.24. The minimum atomic E-state index is -1.02. The quantitative estimate of drug-likeness (QED) is 0.114. The van der Waals surface area contributed by atoms with E-state index in [1.54, 1.807) is 38.6 Å². The molecule has 0 aliphatic rings. The molecule has 9 heteroatoms. The second kappa shape index (κ2) is 18.4. The zero-order valence-electron chi connectivity index (χ0n) is 32.3. The Labute approximate surface area is 341 Å². The molecule has 8 aromatic rings. The highest BCUT2D eigenvalue weighted by atomic mass is 16.5. The van der Waals surface area contributed by atoms with E-state index in [1.807, 2.05) is 121 Å². The average Bonchev–Trinajstić information content (AvgIpc) is 3.69. The number of hydrogen-bond donors (Lipinski definition) is 4. The Hall–Kier alpha value is -7.85. The molecule has 2 aromatic heterocycles. The molecule has 8 rings (SSSR count). The number of fused-ring (bicyclic) bond motifs is 3. The maximum Gasteiger partial charge on any atom is 0.337 e. The van der Waals surface area contributed by atoms with Gasteiger partial charge in [-0.2, -0.15) is 0 Å². The van der Waals surface area contributed by atoms with E-state index >= 15 is 0 Å². The molecule has 1 atom stereocenters. The van der Waals surface area contributed by atoms with Gasteiger partial charge >= 0.3 is 5.97 Å². The van der Waals surface area contributed by atoms with Crippen LogP contribution in [0.2, 0.25) is 0 Å². The van der Waals surface area contributed by atoms with Crippen LogP contribution in [0.1, 0.15) is 48.5 Å². The van der Waals surface area contributed by atoms with Crippen molar-refractivity contribution in [1.82, 2.24) is 15.3 Å². The van der Waals surface area contributed by atoms with Crippen LogP contribution in [0.3, 0.4) is 0 Å². The number of ether oxygens (including phenoxy) is 2. The van der Waals surface area contributed by atoms with Crippen LogP contribution in [0.5, 0.6) is 11.5 Å². The summed E-state index contributed by atoms with van der Waals surface area (Å²) in [5.74, 6) is 12.5. The minimum absolute atomic E-state index is 0.146. The van der Waals surface area contributed by atoms with Crippen LogP contribution in [0.25, 0.3) is 32.6 Å². The van der Waals surface area contributed by atoms with Crippen molar-refractivity contribution in [3.63, 3.8) is 0 Å². The zero-order chi connectivity index (χ0) is 41.1. The maximum absolute atomic E-state index is 13.4. The number of rotatable bonds is 8. The molecule has 0 bridgehead atoms. The number of aromatic carboxylic acids is 1. The molecular formula is C50H39N3O6. The lowest BCUT2D eigenvalue weighted by Crippen LogP contribution is -2.39. The van der Waals surface area contributed by atoms with Crippen LogP contribution in [-0.2, 0) is 6.42 Å². The molecule has 4 N–H and O–H groups in total. The predicted molar refractivity (Wildman–Crippen MR) is 231 cm³/mol. The van der Waals surface area contributed by atoms with E-state index in [4.69, 9.17) is 9.47 Å². The van der Waals surface area contributed by atoms with Gasteiger partial charge in [-0.25, -0.2) is 4.79 Å².